The van der Waals surface area contributed by atoms with Gasteiger partial charge in [0.15, 0.2) is 17.2 Å². The second-order valence-electron chi connectivity index (χ2n) is 9.70. The summed E-state index contributed by atoms with van der Waals surface area (Å²) in [6.45, 7) is 1.37. The molecule has 0 radical (unpaired) electrons. The molecule has 1 aliphatic rings. The lowest BCUT2D eigenvalue weighted by molar-refractivity contribution is -0.131. The highest BCUT2D eigenvalue weighted by Crippen LogP contribution is 2.34. The molecule has 1 aliphatic carbocycles. The molecule has 0 spiro atoms. The standard InChI is InChI=1S/C28H27F4N5O3/c1-15-12-16(6-9-18(15)27(39)35-17-7-8-17)23-14-34-26-22(33-11-10-28(30,31)32)13-21(36-37(23)26)24(38)19-4-3-5-20(29)25(19)40-2/h3-6,9,12-14,17,24,33,38H,7-8,10-11H2,1-2H3,(H,35,39). The van der Waals surface area contributed by atoms with Gasteiger partial charge in [0, 0.05) is 29.3 Å². The molecule has 1 amide bonds. The fourth-order valence-corrected chi connectivity index (χ4v) is 4.47. The molecular weight excluding hydrogens is 530 g/mol. The van der Waals surface area contributed by atoms with E-state index in [1.165, 1.54) is 42.1 Å². The highest BCUT2D eigenvalue weighted by Gasteiger charge is 2.28. The monoisotopic (exact) mass is 557 g/mol. The molecule has 2 aromatic carbocycles. The quantitative estimate of drug-likeness (QED) is 0.245. The normalized spacial score (nSPS) is 14.3. The number of para-hydroxylation sites is 1. The number of aliphatic hydroxyl groups excluding tert-OH is 1. The maximum atomic E-state index is 14.4. The molecule has 1 fully saturated rings. The number of benzene rings is 2. The van der Waals surface area contributed by atoms with E-state index in [2.05, 4.69) is 20.7 Å². The average molecular weight is 558 g/mol. The van der Waals surface area contributed by atoms with E-state index in [0.29, 0.717) is 16.8 Å². The first-order chi connectivity index (χ1) is 19.1. The largest absolute Gasteiger partial charge is 0.493 e. The first-order valence-corrected chi connectivity index (χ1v) is 12.7. The number of halogens is 4. The third-order valence-electron chi connectivity index (χ3n) is 6.67. The molecule has 0 bridgehead atoms. The van der Waals surface area contributed by atoms with E-state index in [9.17, 15) is 27.5 Å². The highest BCUT2D eigenvalue weighted by molar-refractivity contribution is 5.96. The molecule has 5 rings (SSSR count). The van der Waals surface area contributed by atoms with E-state index in [0.717, 1.165) is 18.4 Å². The molecule has 0 saturated heterocycles. The van der Waals surface area contributed by atoms with Crippen LogP contribution in [0.3, 0.4) is 0 Å². The van der Waals surface area contributed by atoms with Crippen LogP contribution in [-0.4, -0.2) is 51.5 Å². The molecule has 2 heterocycles. The maximum Gasteiger partial charge on any atom is 0.390 e. The molecule has 1 unspecified atom stereocenters. The number of aromatic nitrogens is 3. The molecule has 4 aromatic rings. The van der Waals surface area contributed by atoms with Crippen LogP contribution in [0, 0.1) is 12.7 Å². The number of rotatable bonds is 9. The summed E-state index contributed by atoms with van der Waals surface area (Å²) in [5.74, 6) is -1.02. The molecule has 8 nitrogen and oxygen atoms in total. The van der Waals surface area contributed by atoms with Crippen LogP contribution in [0.1, 0.15) is 52.5 Å². The summed E-state index contributed by atoms with van der Waals surface area (Å²) < 4.78 is 59.5. The summed E-state index contributed by atoms with van der Waals surface area (Å²) in [7, 11) is 1.26. The van der Waals surface area contributed by atoms with Crippen molar-refractivity contribution in [3.05, 3.63) is 76.9 Å². The van der Waals surface area contributed by atoms with Crippen molar-refractivity contribution in [2.75, 3.05) is 19.0 Å². The molecule has 2 aromatic heterocycles. The third kappa shape index (κ3) is 5.71. The van der Waals surface area contributed by atoms with Crippen molar-refractivity contribution in [2.24, 2.45) is 0 Å². The van der Waals surface area contributed by atoms with Gasteiger partial charge >= 0.3 is 6.18 Å². The summed E-state index contributed by atoms with van der Waals surface area (Å²) in [5, 5.41) is 21.4. The molecule has 40 heavy (non-hydrogen) atoms. The number of aliphatic hydroxyl groups is 1. The number of nitrogens with zero attached hydrogens (tertiary/aromatic N) is 3. The summed E-state index contributed by atoms with van der Waals surface area (Å²) in [6, 6.07) is 10.9. The van der Waals surface area contributed by atoms with Crippen LogP contribution >= 0.6 is 0 Å². The fraction of sp³-hybridized carbons (Fsp3) is 0.321. The van der Waals surface area contributed by atoms with Crippen LogP contribution in [0.15, 0.2) is 48.7 Å². The van der Waals surface area contributed by atoms with Crippen LogP contribution < -0.4 is 15.4 Å². The molecule has 0 aliphatic heterocycles. The van der Waals surface area contributed by atoms with Crippen molar-refractivity contribution in [3.8, 4) is 17.0 Å². The van der Waals surface area contributed by atoms with Crippen LogP contribution in [0.5, 0.6) is 5.75 Å². The lowest BCUT2D eigenvalue weighted by Crippen LogP contribution is -2.26. The van der Waals surface area contributed by atoms with Gasteiger partial charge in [-0.1, -0.05) is 18.2 Å². The summed E-state index contributed by atoms with van der Waals surface area (Å²) in [5.41, 5.74) is 2.93. The van der Waals surface area contributed by atoms with Crippen molar-refractivity contribution in [1.82, 2.24) is 19.9 Å². The van der Waals surface area contributed by atoms with Gasteiger partial charge in [0.25, 0.3) is 5.91 Å². The van der Waals surface area contributed by atoms with E-state index >= 15 is 0 Å². The van der Waals surface area contributed by atoms with Gasteiger partial charge < -0.3 is 20.5 Å². The lowest BCUT2D eigenvalue weighted by atomic mass is 10.0. The summed E-state index contributed by atoms with van der Waals surface area (Å²) >= 11 is 0. The Balaban J connectivity index is 1.57. The number of nitrogens with one attached hydrogen (secondary N) is 2. The van der Waals surface area contributed by atoms with E-state index in [4.69, 9.17) is 4.74 Å². The Morgan fingerprint density at radius 1 is 1.23 bits per heavy atom. The van der Waals surface area contributed by atoms with E-state index < -0.39 is 31.1 Å². The molecular formula is C28H27F4N5O3. The number of alkyl halides is 3. The van der Waals surface area contributed by atoms with Crippen molar-refractivity contribution in [1.29, 1.82) is 0 Å². The number of ether oxygens (including phenoxy) is 1. The van der Waals surface area contributed by atoms with Crippen LogP contribution in [0.2, 0.25) is 0 Å². The predicted molar refractivity (Wildman–Crippen MR) is 140 cm³/mol. The van der Waals surface area contributed by atoms with E-state index in [1.807, 2.05) is 0 Å². The molecule has 210 valence electrons. The zero-order chi connectivity index (χ0) is 28.6. The zero-order valence-corrected chi connectivity index (χ0v) is 21.7. The van der Waals surface area contributed by atoms with Gasteiger partial charge in [0.1, 0.15) is 6.10 Å². The van der Waals surface area contributed by atoms with E-state index in [-0.39, 0.29) is 40.3 Å². The highest BCUT2D eigenvalue weighted by atomic mass is 19.4. The number of amides is 1. The van der Waals surface area contributed by atoms with Gasteiger partial charge in [0.05, 0.1) is 36.8 Å². The zero-order valence-electron chi connectivity index (χ0n) is 21.7. The minimum Gasteiger partial charge on any atom is -0.493 e. The maximum absolute atomic E-state index is 14.4. The second kappa shape index (κ2) is 10.8. The first kappa shape index (κ1) is 27.4. The summed E-state index contributed by atoms with van der Waals surface area (Å²) in [6.07, 6.45) is -3.50. The predicted octanol–water partition coefficient (Wildman–Crippen LogP) is 5.19. The Bertz CT molecular complexity index is 1570. The average Bonchev–Trinajstić information content (AvgIpc) is 3.61. The molecule has 12 heteroatoms. The minimum absolute atomic E-state index is 0.0299. The van der Waals surface area contributed by atoms with Gasteiger partial charge in [-0.05, 0) is 49.6 Å². The smallest absolute Gasteiger partial charge is 0.390 e. The topological polar surface area (TPSA) is 101 Å². The van der Waals surface area contributed by atoms with Crippen LogP contribution in [0.25, 0.3) is 16.9 Å². The molecule has 1 saturated carbocycles. The van der Waals surface area contributed by atoms with Gasteiger partial charge in [-0.25, -0.2) is 13.9 Å². The van der Waals surface area contributed by atoms with Gasteiger partial charge in [-0.15, -0.1) is 0 Å². The number of imidazole rings is 1. The number of carbonyl (C=O) groups is 1. The number of methoxy groups -OCH3 is 1. The second-order valence-corrected chi connectivity index (χ2v) is 9.70. The number of hydrogen-bond donors (Lipinski definition) is 3. The van der Waals surface area contributed by atoms with E-state index in [1.54, 1.807) is 25.1 Å². The number of anilines is 1. The number of carbonyl (C=O) groups excluding carboxylic acids is 1. The Morgan fingerprint density at radius 2 is 2.00 bits per heavy atom. The minimum atomic E-state index is -4.38. The third-order valence-corrected chi connectivity index (χ3v) is 6.67. The van der Waals surface area contributed by atoms with Gasteiger partial charge in [-0.3, -0.25) is 4.79 Å². The van der Waals surface area contributed by atoms with Gasteiger partial charge in [-0.2, -0.15) is 18.3 Å². The van der Waals surface area contributed by atoms with Crippen LogP contribution in [0.4, 0.5) is 23.2 Å². The Kier molecular flexibility index (Phi) is 7.37. The Hall–Kier alpha value is -4.19. The van der Waals surface area contributed by atoms with Crippen LogP contribution in [-0.2, 0) is 0 Å². The summed E-state index contributed by atoms with van der Waals surface area (Å²) in [4.78, 5) is 17.0. The number of aryl methyl sites for hydroxylation is 1. The Morgan fingerprint density at radius 3 is 2.67 bits per heavy atom. The number of fused-ring (bicyclic) bond motifs is 1. The van der Waals surface area contributed by atoms with Gasteiger partial charge in [0.2, 0.25) is 0 Å². The SMILES string of the molecule is COc1c(F)cccc1C(O)c1cc(NCCC(F)(F)F)c2ncc(-c3ccc(C(=O)NC4CC4)c(C)c3)n2n1. The lowest BCUT2D eigenvalue weighted by Gasteiger charge is -2.17. The van der Waals surface area contributed by atoms with Crippen molar-refractivity contribution in [2.45, 2.75) is 44.5 Å². The molecule has 3 N–H and O–H groups in total. The Labute approximate surface area is 227 Å². The molecule has 1 atom stereocenters. The first-order valence-electron chi connectivity index (χ1n) is 12.7. The van der Waals surface area contributed by atoms with Crippen molar-refractivity contribution >= 4 is 17.2 Å². The van der Waals surface area contributed by atoms with Crippen molar-refractivity contribution < 1.29 is 32.2 Å². The number of hydrogen-bond acceptors (Lipinski definition) is 6. The van der Waals surface area contributed by atoms with Crippen molar-refractivity contribution in [3.63, 3.8) is 0 Å². The fourth-order valence-electron chi connectivity index (χ4n) is 4.47.